The Labute approximate surface area is 101 Å². The van der Waals surface area contributed by atoms with Crippen LogP contribution in [0.25, 0.3) is 0 Å². The smallest absolute Gasteiger partial charge is 0.128 e. The molecule has 1 aromatic rings. The summed E-state index contributed by atoms with van der Waals surface area (Å²) in [6, 6.07) is 6.09. The molecule has 0 bridgehead atoms. The fourth-order valence-electron chi connectivity index (χ4n) is 2.24. The lowest BCUT2D eigenvalue weighted by Gasteiger charge is -2.26. The lowest BCUT2D eigenvalue weighted by molar-refractivity contribution is 0.135. The number of nitrogens with zero attached hydrogens (tertiary/aromatic N) is 1. The van der Waals surface area contributed by atoms with Crippen molar-refractivity contribution in [2.24, 2.45) is 5.92 Å². The number of rotatable bonds is 2. The minimum Gasteiger partial charge on any atom is -0.490 e. The normalized spacial score (nSPS) is 24.1. The highest BCUT2D eigenvalue weighted by atomic mass is 19.1. The van der Waals surface area contributed by atoms with Gasteiger partial charge >= 0.3 is 0 Å². The van der Waals surface area contributed by atoms with Gasteiger partial charge in [-0.1, -0.05) is 6.92 Å². The van der Waals surface area contributed by atoms with Crippen LogP contribution in [-0.4, -0.2) is 6.10 Å². The first-order valence-corrected chi connectivity index (χ1v) is 6.04. The molecule has 0 amide bonds. The Morgan fingerprint density at radius 1 is 1.24 bits per heavy atom. The molecule has 0 spiro atoms. The van der Waals surface area contributed by atoms with Crippen LogP contribution in [0.5, 0.6) is 5.75 Å². The van der Waals surface area contributed by atoms with E-state index >= 15 is 0 Å². The second-order valence-electron chi connectivity index (χ2n) is 4.79. The number of hydrogen-bond donors (Lipinski definition) is 0. The number of halogens is 1. The van der Waals surface area contributed by atoms with Crippen molar-refractivity contribution in [3.05, 3.63) is 29.6 Å². The third-order valence-corrected chi connectivity index (χ3v) is 3.27. The van der Waals surface area contributed by atoms with Crippen LogP contribution in [0.15, 0.2) is 18.2 Å². The highest BCUT2D eigenvalue weighted by molar-refractivity contribution is 5.37. The first kappa shape index (κ1) is 11.9. The Hall–Kier alpha value is -1.56. The Morgan fingerprint density at radius 2 is 1.94 bits per heavy atom. The van der Waals surface area contributed by atoms with Crippen molar-refractivity contribution in [1.82, 2.24) is 0 Å². The molecule has 1 aromatic carbocycles. The maximum atomic E-state index is 13.2. The Morgan fingerprint density at radius 3 is 2.59 bits per heavy atom. The van der Waals surface area contributed by atoms with Crippen LogP contribution in [-0.2, 0) is 0 Å². The Bertz CT molecular complexity index is 430. The maximum Gasteiger partial charge on any atom is 0.128 e. The molecule has 2 nitrogen and oxygen atoms in total. The van der Waals surface area contributed by atoms with Crippen LogP contribution in [0, 0.1) is 23.1 Å². The summed E-state index contributed by atoms with van der Waals surface area (Å²) in [6.07, 6.45) is 4.51. The van der Waals surface area contributed by atoms with Gasteiger partial charge in [-0.3, -0.25) is 0 Å². The monoisotopic (exact) mass is 233 g/mol. The molecule has 0 N–H and O–H groups in total. The van der Waals surface area contributed by atoms with E-state index < -0.39 is 5.82 Å². The number of hydrogen-bond acceptors (Lipinski definition) is 2. The van der Waals surface area contributed by atoms with Crippen molar-refractivity contribution >= 4 is 0 Å². The van der Waals surface area contributed by atoms with Crippen LogP contribution in [0.2, 0.25) is 0 Å². The molecule has 1 fully saturated rings. The summed E-state index contributed by atoms with van der Waals surface area (Å²) in [5.41, 5.74) is 0.309. The van der Waals surface area contributed by atoms with E-state index in [1.807, 2.05) is 6.07 Å². The van der Waals surface area contributed by atoms with E-state index in [4.69, 9.17) is 10.00 Å². The molecule has 0 radical (unpaired) electrons. The van der Waals surface area contributed by atoms with Crippen molar-refractivity contribution in [2.45, 2.75) is 38.7 Å². The average molecular weight is 233 g/mol. The van der Waals surface area contributed by atoms with Crippen molar-refractivity contribution in [1.29, 1.82) is 5.26 Å². The third-order valence-electron chi connectivity index (χ3n) is 3.27. The highest BCUT2D eigenvalue weighted by Gasteiger charge is 2.19. The van der Waals surface area contributed by atoms with Crippen LogP contribution in [0.1, 0.15) is 38.2 Å². The van der Waals surface area contributed by atoms with Gasteiger partial charge in [0.2, 0.25) is 0 Å². The van der Waals surface area contributed by atoms with Crippen molar-refractivity contribution in [3.8, 4) is 11.8 Å². The van der Waals surface area contributed by atoms with E-state index in [9.17, 15) is 4.39 Å². The van der Waals surface area contributed by atoms with E-state index in [1.54, 1.807) is 6.07 Å². The lowest BCUT2D eigenvalue weighted by atomic mass is 9.89. The largest absolute Gasteiger partial charge is 0.490 e. The molecule has 0 saturated heterocycles. The number of nitriles is 1. The molecular formula is C14H16FNO. The van der Waals surface area contributed by atoms with Gasteiger partial charge in [0.1, 0.15) is 11.6 Å². The quantitative estimate of drug-likeness (QED) is 0.781. The van der Waals surface area contributed by atoms with Gasteiger partial charge < -0.3 is 4.74 Å². The lowest BCUT2D eigenvalue weighted by Crippen LogP contribution is -2.23. The van der Waals surface area contributed by atoms with Gasteiger partial charge in [-0.15, -0.1) is 0 Å². The molecular weight excluding hydrogens is 217 g/mol. The topological polar surface area (TPSA) is 33.0 Å². The first-order chi connectivity index (χ1) is 8.17. The van der Waals surface area contributed by atoms with Gasteiger partial charge in [0.05, 0.1) is 17.7 Å². The molecule has 17 heavy (non-hydrogen) atoms. The van der Waals surface area contributed by atoms with Gasteiger partial charge in [-0.05, 0) is 43.7 Å². The predicted octanol–water partition coefficient (Wildman–Crippen LogP) is 3.65. The van der Waals surface area contributed by atoms with E-state index in [2.05, 4.69) is 6.92 Å². The summed E-state index contributed by atoms with van der Waals surface area (Å²) in [5.74, 6) is 0.821. The molecule has 0 aromatic heterocycles. The maximum absolute atomic E-state index is 13.2. The zero-order valence-corrected chi connectivity index (χ0v) is 9.95. The summed E-state index contributed by atoms with van der Waals surface area (Å²) in [7, 11) is 0. The van der Waals surface area contributed by atoms with E-state index in [-0.39, 0.29) is 6.10 Å². The van der Waals surface area contributed by atoms with Crippen LogP contribution < -0.4 is 4.74 Å². The molecule has 0 aliphatic heterocycles. The third kappa shape index (κ3) is 3.20. The number of ether oxygens (including phenoxy) is 1. The van der Waals surface area contributed by atoms with Gasteiger partial charge in [-0.2, -0.15) is 5.26 Å². The molecule has 0 atom stereocenters. The first-order valence-electron chi connectivity index (χ1n) is 6.04. The molecule has 1 aliphatic carbocycles. The van der Waals surface area contributed by atoms with Crippen LogP contribution in [0.4, 0.5) is 4.39 Å². The van der Waals surface area contributed by atoms with Crippen molar-refractivity contribution < 1.29 is 9.13 Å². The summed E-state index contributed by atoms with van der Waals surface area (Å²) in [4.78, 5) is 0. The van der Waals surface area contributed by atoms with E-state index in [0.717, 1.165) is 31.6 Å². The SMILES string of the molecule is CC1CCC(Oc2cc(F)cc(C#N)c2)CC1. The Balaban J connectivity index is 2.03. The number of benzene rings is 1. The highest BCUT2D eigenvalue weighted by Crippen LogP contribution is 2.27. The Kier molecular flexibility index (Phi) is 3.63. The van der Waals surface area contributed by atoms with Crippen molar-refractivity contribution in [2.75, 3.05) is 0 Å². The van der Waals surface area contributed by atoms with Gasteiger partial charge in [-0.25, -0.2) is 4.39 Å². The van der Waals surface area contributed by atoms with Gasteiger partial charge in [0, 0.05) is 6.07 Å². The standard InChI is InChI=1S/C14H16FNO/c1-10-2-4-13(5-3-10)17-14-7-11(9-16)6-12(15)8-14/h6-8,10,13H,2-5H2,1H3. The molecule has 1 saturated carbocycles. The summed E-state index contributed by atoms with van der Waals surface area (Å²) >= 11 is 0. The van der Waals surface area contributed by atoms with Gasteiger partial charge in [0.25, 0.3) is 0 Å². The predicted molar refractivity (Wildman–Crippen MR) is 63.2 cm³/mol. The molecule has 0 unspecified atom stereocenters. The molecule has 0 heterocycles. The molecule has 90 valence electrons. The summed E-state index contributed by atoms with van der Waals surface area (Å²) in [6.45, 7) is 2.24. The van der Waals surface area contributed by atoms with Crippen LogP contribution >= 0.6 is 0 Å². The minimum absolute atomic E-state index is 0.166. The molecule has 3 heteroatoms. The zero-order valence-electron chi connectivity index (χ0n) is 9.95. The fourth-order valence-corrected chi connectivity index (χ4v) is 2.24. The van der Waals surface area contributed by atoms with Crippen molar-refractivity contribution in [3.63, 3.8) is 0 Å². The zero-order chi connectivity index (χ0) is 12.3. The van der Waals surface area contributed by atoms with Crippen LogP contribution in [0.3, 0.4) is 0 Å². The van der Waals surface area contributed by atoms with Gasteiger partial charge in [0.15, 0.2) is 0 Å². The average Bonchev–Trinajstić information content (AvgIpc) is 2.31. The van der Waals surface area contributed by atoms with E-state index in [0.29, 0.717) is 11.3 Å². The summed E-state index contributed by atoms with van der Waals surface area (Å²) in [5, 5.41) is 8.75. The minimum atomic E-state index is -0.414. The fraction of sp³-hybridized carbons (Fsp3) is 0.500. The van der Waals surface area contributed by atoms with E-state index in [1.165, 1.54) is 12.1 Å². The molecule has 1 aliphatic rings. The second-order valence-corrected chi connectivity index (χ2v) is 4.79. The second kappa shape index (κ2) is 5.18. The molecule has 2 rings (SSSR count). The summed E-state index contributed by atoms with van der Waals surface area (Å²) < 4.78 is 18.9.